The molecule has 1 atom stereocenters. The van der Waals surface area contributed by atoms with Gasteiger partial charge in [-0.05, 0) is 104 Å². The summed E-state index contributed by atoms with van der Waals surface area (Å²) in [6.07, 6.45) is 1.72. The topological polar surface area (TPSA) is 79.7 Å². The number of hydrogen-bond donors (Lipinski definition) is 1. The fourth-order valence-corrected chi connectivity index (χ4v) is 4.59. The summed E-state index contributed by atoms with van der Waals surface area (Å²) in [5.41, 5.74) is 4.36. The minimum atomic E-state index is -0.303. The van der Waals surface area contributed by atoms with Crippen molar-refractivity contribution in [3.63, 3.8) is 0 Å². The van der Waals surface area contributed by atoms with Gasteiger partial charge in [-0.25, -0.2) is 9.07 Å². The third-order valence-corrected chi connectivity index (χ3v) is 6.64. The van der Waals surface area contributed by atoms with E-state index in [9.17, 15) is 9.18 Å². The predicted octanol–water partition coefficient (Wildman–Crippen LogP) is 5.57. The first-order valence-corrected chi connectivity index (χ1v) is 12.5. The highest BCUT2D eigenvalue weighted by molar-refractivity contribution is 5.80. The molecule has 0 saturated carbocycles. The quantitative estimate of drug-likeness (QED) is 0.349. The second-order valence-electron chi connectivity index (χ2n) is 10.6. The number of aromatic amines is 1. The van der Waals surface area contributed by atoms with Crippen molar-refractivity contribution >= 4 is 10.9 Å². The zero-order valence-corrected chi connectivity index (χ0v) is 22.0. The molecule has 8 heteroatoms. The molecule has 4 rings (SSSR count). The Balaban J connectivity index is 1.80. The Morgan fingerprint density at radius 3 is 2.42 bits per heavy atom. The summed E-state index contributed by atoms with van der Waals surface area (Å²) in [7, 11) is 0. The van der Waals surface area contributed by atoms with E-state index in [-0.39, 0.29) is 23.0 Å². The Morgan fingerprint density at radius 1 is 1.06 bits per heavy atom. The molecule has 1 N–H and O–H groups in total. The molecule has 2 aromatic carbocycles. The van der Waals surface area contributed by atoms with Gasteiger partial charge in [-0.1, -0.05) is 25.5 Å². The second kappa shape index (κ2) is 10.3. The summed E-state index contributed by atoms with van der Waals surface area (Å²) in [5, 5.41) is 13.7. The molecular weight excluding hydrogens is 455 g/mol. The van der Waals surface area contributed by atoms with Crippen molar-refractivity contribution in [2.24, 2.45) is 0 Å². The average Bonchev–Trinajstić information content (AvgIpc) is 3.31. The lowest BCUT2D eigenvalue weighted by molar-refractivity contribution is 0.148. The van der Waals surface area contributed by atoms with E-state index in [0.29, 0.717) is 18.7 Å². The predicted molar refractivity (Wildman–Crippen MR) is 140 cm³/mol. The summed E-state index contributed by atoms with van der Waals surface area (Å²) >= 11 is 0. The van der Waals surface area contributed by atoms with Crippen molar-refractivity contribution in [3.8, 4) is 0 Å². The number of aryl methyl sites for hydroxylation is 2. The van der Waals surface area contributed by atoms with E-state index in [1.807, 2.05) is 23.7 Å². The maximum atomic E-state index is 13.6. The van der Waals surface area contributed by atoms with Crippen LogP contribution in [0.2, 0.25) is 0 Å². The molecule has 0 saturated heterocycles. The molecule has 0 amide bonds. The summed E-state index contributed by atoms with van der Waals surface area (Å²) in [6.45, 7) is 13.4. The lowest BCUT2D eigenvalue weighted by Crippen LogP contribution is -2.35. The van der Waals surface area contributed by atoms with Crippen LogP contribution in [0.5, 0.6) is 0 Å². The van der Waals surface area contributed by atoms with Gasteiger partial charge in [0.1, 0.15) is 5.82 Å². The van der Waals surface area contributed by atoms with E-state index in [1.165, 1.54) is 17.7 Å². The zero-order chi connectivity index (χ0) is 26.0. The number of aromatic nitrogens is 5. The van der Waals surface area contributed by atoms with Crippen LogP contribution in [0, 0.1) is 19.7 Å². The first-order valence-electron chi connectivity index (χ1n) is 12.5. The number of nitrogens with zero attached hydrogens (tertiary/aromatic N) is 5. The van der Waals surface area contributed by atoms with Crippen molar-refractivity contribution < 1.29 is 4.39 Å². The molecule has 4 aromatic rings. The minimum Gasteiger partial charge on any atom is -0.322 e. The molecule has 0 aliphatic heterocycles. The summed E-state index contributed by atoms with van der Waals surface area (Å²) in [5.74, 6) is 0.485. The Morgan fingerprint density at radius 2 is 1.75 bits per heavy atom. The van der Waals surface area contributed by atoms with Gasteiger partial charge in [-0.3, -0.25) is 9.69 Å². The molecule has 190 valence electrons. The summed E-state index contributed by atoms with van der Waals surface area (Å²) in [6, 6.07) is 12.5. The number of tetrazole rings is 1. The van der Waals surface area contributed by atoms with Gasteiger partial charge in [0.25, 0.3) is 5.56 Å². The number of hydrogen-bond acceptors (Lipinski definition) is 5. The molecule has 0 radical (unpaired) electrons. The van der Waals surface area contributed by atoms with Crippen LogP contribution in [0.25, 0.3) is 10.9 Å². The number of rotatable bonds is 8. The lowest BCUT2D eigenvalue weighted by atomic mass is 10.0. The molecule has 0 aliphatic carbocycles. The first kappa shape index (κ1) is 25.7. The molecule has 2 aromatic heterocycles. The van der Waals surface area contributed by atoms with E-state index < -0.39 is 0 Å². The van der Waals surface area contributed by atoms with Crippen molar-refractivity contribution in [1.29, 1.82) is 0 Å². The van der Waals surface area contributed by atoms with Gasteiger partial charge in [0.15, 0.2) is 5.82 Å². The van der Waals surface area contributed by atoms with Gasteiger partial charge in [-0.15, -0.1) is 5.10 Å². The zero-order valence-electron chi connectivity index (χ0n) is 22.0. The Hall–Kier alpha value is -3.39. The fourth-order valence-electron chi connectivity index (χ4n) is 4.59. The van der Waals surface area contributed by atoms with Crippen molar-refractivity contribution in [3.05, 3.63) is 86.7 Å². The van der Waals surface area contributed by atoms with Gasteiger partial charge < -0.3 is 4.98 Å². The molecule has 2 heterocycles. The van der Waals surface area contributed by atoms with Crippen LogP contribution in [0.3, 0.4) is 0 Å². The maximum Gasteiger partial charge on any atom is 0.252 e. The van der Waals surface area contributed by atoms with Crippen molar-refractivity contribution in [1.82, 2.24) is 30.1 Å². The third-order valence-electron chi connectivity index (χ3n) is 6.64. The molecule has 0 aliphatic rings. The summed E-state index contributed by atoms with van der Waals surface area (Å²) < 4.78 is 15.5. The Bertz CT molecular complexity index is 1400. The van der Waals surface area contributed by atoms with Crippen LogP contribution in [0.4, 0.5) is 4.39 Å². The van der Waals surface area contributed by atoms with Crippen LogP contribution in [0.15, 0.2) is 47.3 Å². The normalized spacial score (nSPS) is 13.0. The summed E-state index contributed by atoms with van der Waals surface area (Å²) in [4.78, 5) is 18.5. The number of fused-ring (bicyclic) bond motifs is 1. The average molecular weight is 491 g/mol. The molecule has 0 bridgehead atoms. The minimum absolute atomic E-state index is 0.111. The molecule has 0 spiro atoms. The van der Waals surface area contributed by atoms with Crippen LogP contribution < -0.4 is 5.56 Å². The first-order chi connectivity index (χ1) is 17.1. The van der Waals surface area contributed by atoms with Gasteiger partial charge >= 0.3 is 0 Å². The highest BCUT2D eigenvalue weighted by Crippen LogP contribution is 2.30. The van der Waals surface area contributed by atoms with Gasteiger partial charge in [0.05, 0.1) is 11.6 Å². The number of halogens is 1. The highest BCUT2D eigenvalue weighted by Gasteiger charge is 2.30. The second-order valence-corrected chi connectivity index (χ2v) is 10.6. The van der Waals surface area contributed by atoms with E-state index in [4.69, 9.17) is 0 Å². The van der Waals surface area contributed by atoms with Gasteiger partial charge in [0, 0.05) is 24.2 Å². The molecule has 36 heavy (non-hydrogen) atoms. The van der Waals surface area contributed by atoms with Crippen molar-refractivity contribution in [2.45, 2.75) is 79.1 Å². The van der Waals surface area contributed by atoms with E-state index in [0.717, 1.165) is 40.7 Å². The SMILES string of the molecule is CCCC(c1nnnn1C(C)(C)C)N(Cc1ccc(F)cc1)Cc1cc2cc(C)c(C)cc2[nH]c1=O. The van der Waals surface area contributed by atoms with Crippen LogP contribution >= 0.6 is 0 Å². The Labute approximate surface area is 211 Å². The molecule has 1 unspecified atom stereocenters. The maximum absolute atomic E-state index is 13.6. The van der Waals surface area contributed by atoms with E-state index >= 15 is 0 Å². The number of nitrogens with one attached hydrogen (secondary N) is 1. The van der Waals surface area contributed by atoms with E-state index in [1.54, 1.807) is 12.1 Å². The number of benzene rings is 2. The third kappa shape index (κ3) is 5.54. The van der Waals surface area contributed by atoms with Crippen LogP contribution in [0.1, 0.15) is 74.7 Å². The van der Waals surface area contributed by atoms with Crippen molar-refractivity contribution in [2.75, 3.05) is 0 Å². The van der Waals surface area contributed by atoms with Crippen LogP contribution in [-0.2, 0) is 18.6 Å². The molecule has 0 fully saturated rings. The molecule has 7 nitrogen and oxygen atoms in total. The highest BCUT2D eigenvalue weighted by atomic mass is 19.1. The van der Waals surface area contributed by atoms with Crippen LogP contribution in [-0.4, -0.2) is 30.1 Å². The smallest absolute Gasteiger partial charge is 0.252 e. The largest absolute Gasteiger partial charge is 0.322 e. The van der Waals surface area contributed by atoms with E-state index in [2.05, 4.69) is 66.1 Å². The lowest BCUT2D eigenvalue weighted by Gasteiger charge is -2.33. The Kier molecular flexibility index (Phi) is 7.36. The number of pyridine rings is 1. The molecular formula is C28H35FN6O. The van der Waals surface area contributed by atoms with Gasteiger partial charge in [-0.2, -0.15) is 0 Å². The monoisotopic (exact) mass is 490 g/mol. The van der Waals surface area contributed by atoms with Gasteiger partial charge in [0.2, 0.25) is 0 Å². The number of H-pyrrole nitrogens is 1. The standard InChI is InChI=1S/C28H35FN6O/c1-7-8-25(26-31-32-33-35(26)28(4,5)6)34(16-20-9-11-23(29)12-10-20)17-22-15-21-13-18(2)19(3)14-24(21)30-27(22)36/h9-15,25H,7-8,16-17H2,1-6H3,(H,30,36). The fraction of sp³-hybridized carbons (Fsp3) is 0.429.